The zero-order valence-electron chi connectivity index (χ0n) is 10.2. The predicted molar refractivity (Wildman–Crippen MR) is 60.1 cm³/mol. The molecule has 0 atom stereocenters. The molecule has 0 unspecified atom stereocenters. The van der Waals surface area contributed by atoms with Crippen molar-refractivity contribution in [3.8, 4) is 0 Å². The van der Waals surface area contributed by atoms with Crippen LogP contribution in [0.25, 0.3) is 0 Å². The van der Waals surface area contributed by atoms with E-state index in [0.29, 0.717) is 6.07 Å². The largest absolute Gasteiger partial charge is 0.419 e. The van der Waals surface area contributed by atoms with E-state index in [2.05, 4.69) is 0 Å². The monoisotopic (exact) mass is 279 g/mol. The van der Waals surface area contributed by atoms with Crippen LogP contribution < -0.4 is 0 Å². The van der Waals surface area contributed by atoms with E-state index < -0.39 is 29.0 Å². The van der Waals surface area contributed by atoms with E-state index in [4.69, 9.17) is 5.11 Å². The Kier molecular flexibility index (Phi) is 4.88. The lowest BCUT2D eigenvalue weighted by molar-refractivity contribution is -0.140. The quantitative estimate of drug-likeness (QED) is 0.859. The molecule has 19 heavy (non-hydrogen) atoms. The molecule has 1 amide bonds. The van der Waals surface area contributed by atoms with Gasteiger partial charge in [-0.05, 0) is 19.1 Å². The lowest BCUT2D eigenvalue weighted by Gasteiger charge is -2.20. The minimum atomic E-state index is -4.85. The summed E-state index contributed by atoms with van der Waals surface area (Å²) >= 11 is 0. The SMILES string of the molecule is CCN(CCO)C(=O)c1cccc(C(F)(F)F)c1F. The fraction of sp³-hybridized carbons (Fsp3) is 0.417. The molecule has 106 valence electrons. The van der Waals surface area contributed by atoms with E-state index in [1.807, 2.05) is 0 Å². The van der Waals surface area contributed by atoms with E-state index >= 15 is 0 Å². The number of nitrogens with zero attached hydrogens (tertiary/aromatic N) is 1. The summed E-state index contributed by atoms with van der Waals surface area (Å²) in [7, 11) is 0. The number of amides is 1. The smallest absolute Gasteiger partial charge is 0.395 e. The summed E-state index contributed by atoms with van der Waals surface area (Å²) in [5, 5.41) is 8.75. The molecule has 0 aromatic heterocycles. The molecule has 7 heteroatoms. The van der Waals surface area contributed by atoms with Crippen LogP contribution in [0.3, 0.4) is 0 Å². The predicted octanol–water partition coefficient (Wildman–Crippen LogP) is 2.30. The number of likely N-dealkylation sites (N-methyl/N-ethyl adjacent to an activating group) is 1. The van der Waals surface area contributed by atoms with Gasteiger partial charge in [0.25, 0.3) is 5.91 Å². The minimum absolute atomic E-state index is 0.0645. The molecule has 0 fully saturated rings. The van der Waals surface area contributed by atoms with Gasteiger partial charge in [-0.1, -0.05) is 6.07 Å². The summed E-state index contributed by atoms with van der Waals surface area (Å²) in [6, 6.07) is 2.55. The molecule has 0 spiro atoms. The molecule has 0 aliphatic heterocycles. The molecule has 1 rings (SSSR count). The number of hydrogen-bond acceptors (Lipinski definition) is 2. The molecule has 3 nitrogen and oxygen atoms in total. The van der Waals surface area contributed by atoms with Crippen LogP contribution in [0.15, 0.2) is 18.2 Å². The van der Waals surface area contributed by atoms with Crippen molar-refractivity contribution in [3.05, 3.63) is 35.1 Å². The van der Waals surface area contributed by atoms with Gasteiger partial charge in [0.2, 0.25) is 0 Å². The Morgan fingerprint density at radius 2 is 2.00 bits per heavy atom. The highest BCUT2D eigenvalue weighted by molar-refractivity contribution is 5.94. The van der Waals surface area contributed by atoms with Gasteiger partial charge in [-0.15, -0.1) is 0 Å². The molecule has 0 aliphatic rings. The molecule has 0 saturated heterocycles. The topological polar surface area (TPSA) is 40.5 Å². The Balaban J connectivity index is 3.18. The average Bonchev–Trinajstić information content (AvgIpc) is 2.34. The molecule has 1 aromatic rings. The van der Waals surface area contributed by atoms with Crippen LogP contribution in [-0.2, 0) is 6.18 Å². The van der Waals surface area contributed by atoms with Gasteiger partial charge in [-0.2, -0.15) is 13.2 Å². The first-order chi connectivity index (χ1) is 8.82. The van der Waals surface area contributed by atoms with Crippen LogP contribution in [0.4, 0.5) is 17.6 Å². The number of carbonyl (C=O) groups excluding carboxylic acids is 1. The van der Waals surface area contributed by atoms with Crippen molar-refractivity contribution < 1.29 is 27.5 Å². The van der Waals surface area contributed by atoms with Gasteiger partial charge < -0.3 is 10.0 Å². The minimum Gasteiger partial charge on any atom is -0.395 e. The highest BCUT2D eigenvalue weighted by Gasteiger charge is 2.36. The highest BCUT2D eigenvalue weighted by atomic mass is 19.4. The Labute approximate surface area is 107 Å². The van der Waals surface area contributed by atoms with Crippen LogP contribution in [-0.4, -0.2) is 35.6 Å². The third kappa shape index (κ3) is 3.44. The maximum atomic E-state index is 13.7. The Hall–Kier alpha value is -1.63. The van der Waals surface area contributed by atoms with Crippen molar-refractivity contribution in [2.45, 2.75) is 13.1 Å². The third-order valence-electron chi connectivity index (χ3n) is 2.57. The first-order valence-corrected chi connectivity index (χ1v) is 5.58. The molecule has 0 aliphatic carbocycles. The van der Waals surface area contributed by atoms with Gasteiger partial charge in [-0.25, -0.2) is 4.39 Å². The second-order valence-electron chi connectivity index (χ2n) is 3.77. The number of rotatable bonds is 4. The Morgan fingerprint density at radius 3 is 2.47 bits per heavy atom. The summed E-state index contributed by atoms with van der Waals surface area (Å²) in [5.41, 5.74) is -2.12. The highest BCUT2D eigenvalue weighted by Crippen LogP contribution is 2.32. The molecule has 0 saturated carbocycles. The second-order valence-corrected chi connectivity index (χ2v) is 3.77. The molecular formula is C12H13F4NO2. The second kappa shape index (κ2) is 6.01. The van der Waals surface area contributed by atoms with Crippen LogP contribution >= 0.6 is 0 Å². The zero-order valence-corrected chi connectivity index (χ0v) is 10.2. The third-order valence-corrected chi connectivity index (χ3v) is 2.57. The van der Waals surface area contributed by atoms with Crippen molar-refractivity contribution >= 4 is 5.91 Å². The fourth-order valence-corrected chi connectivity index (χ4v) is 1.61. The number of aliphatic hydroxyl groups is 1. The maximum Gasteiger partial charge on any atom is 0.419 e. The van der Waals surface area contributed by atoms with Gasteiger partial charge in [0, 0.05) is 13.1 Å². The van der Waals surface area contributed by atoms with Gasteiger partial charge in [-0.3, -0.25) is 4.79 Å². The summed E-state index contributed by atoms with van der Waals surface area (Å²) < 4.78 is 51.3. The van der Waals surface area contributed by atoms with Crippen LogP contribution in [0.2, 0.25) is 0 Å². The zero-order chi connectivity index (χ0) is 14.6. The van der Waals surface area contributed by atoms with E-state index in [0.717, 1.165) is 17.0 Å². The molecule has 0 bridgehead atoms. The lowest BCUT2D eigenvalue weighted by Crippen LogP contribution is -2.34. The van der Waals surface area contributed by atoms with E-state index in [1.165, 1.54) is 0 Å². The van der Waals surface area contributed by atoms with Crippen LogP contribution in [0.1, 0.15) is 22.8 Å². The molecular weight excluding hydrogens is 266 g/mol. The lowest BCUT2D eigenvalue weighted by atomic mass is 10.1. The van der Waals surface area contributed by atoms with E-state index in [9.17, 15) is 22.4 Å². The summed E-state index contributed by atoms with van der Waals surface area (Å²) in [6.07, 6.45) is -4.85. The molecule has 1 aromatic carbocycles. The van der Waals surface area contributed by atoms with E-state index in [-0.39, 0.29) is 19.7 Å². The van der Waals surface area contributed by atoms with Crippen molar-refractivity contribution in [2.24, 2.45) is 0 Å². The average molecular weight is 279 g/mol. The van der Waals surface area contributed by atoms with E-state index in [1.54, 1.807) is 6.92 Å². The van der Waals surface area contributed by atoms with Crippen molar-refractivity contribution in [1.82, 2.24) is 4.90 Å². The van der Waals surface area contributed by atoms with Crippen molar-refractivity contribution in [2.75, 3.05) is 19.7 Å². The van der Waals surface area contributed by atoms with Gasteiger partial charge in [0.1, 0.15) is 5.82 Å². The Morgan fingerprint density at radius 1 is 1.37 bits per heavy atom. The fourth-order valence-electron chi connectivity index (χ4n) is 1.61. The van der Waals surface area contributed by atoms with Crippen molar-refractivity contribution in [3.63, 3.8) is 0 Å². The van der Waals surface area contributed by atoms with Crippen molar-refractivity contribution in [1.29, 1.82) is 0 Å². The number of halogens is 4. The standard InChI is InChI=1S/C12H13F4NO2/c1-2-17(6-7-18)11(19)8-4-3-5-9(10(8)13)12(14,15)16/h3-5,18H,2,6-7H2,1H3. The number of alkyl halides is 3. The summed E-state index contributed by atoms with van der Waals surface area (Å²) in [6.45, 7) is 1.33. The summed E-state index contributed by atoms with van der Waals surface area (Å²) in [4.78, 5) is 12.9. The van der Waals surface area contributed by atoms with Gasteiger partial charge >= 0.3 is 6.18 Å². The number of carbonyl (C=O) groups is 1. The molecule has 0 radical (unpaired) electrons. The number of hydrogen-bond donors (Lipinski definition) is 1. The number of benzene rings is 1. The Bertz CT molecular complexity index is 460. The maximum absolute atomic E-state index is 13.7. The first-order valence-electron chi connectivity index (χ1n) is 5.58. The first kappa shape index (κ1) is 15.4. The van der Waals surface area contributed by atoms with Gasteiger partial charge in [0.15, 0.2) is 0 Å². The molecule has 1 N–H and O–H groups in total. The summed E-state index contributed by atoms with van der Waals surface area (Å²) in [5.74, 6) is -2.46. The van der Waals surface area contributed by atoms with Crippen LogP contribution in [0.5, 0.6) is 0 Å². The number of aliphatic hydroxyl groups excluding tert-OH is 1. The molecule has 0 heterocycles. The van der Waals surface area contributed by atoms with Crippen LogP contribution in [0, 0.1) is 5.82 Å². The van der Waals surface area contributed by atoms with Gasteiger partial charge in [0.05, 0.1) is 17.7 Å². The normalized spacial score (nSPS) is 11.5.